The minimum Gasteiger partial charge on any atom is -0.351 e. The number of Topliss-reactive ketones (excluding diaryl/α,β-unsaturated/α-hetero) is 3. The lowest BCUT2D eigenvalue weighted by molar-refractivity contribution is 0.0961. The number of ketones is 3. The molecule has 0 aromatic heterocycles. The average Bonchev–Trinajstić information content (AvgIpc) is 3.09. The number of nitrogens with one attached hydrogen (secondary N) is 1. The van der Waals surface area contributed by atoms with E-state index in [0.29, 0.717) is 33.5 Å². The molecule has 1 unspecified atom stereocenters. The molecule has 148 valence electrons. The molecular formula is C26H14BrNO3. The van der Waals surface area contributed by atoms with E-state index in [4.69, 9.17) is 0 Å². The van der Waals surface area contributed by atoms with E-state index in [9.17, 15) is 14.4 Å². The number of benzene rings is 3. The number of fused-ring (bicyclic) bond motifs is 3. The maximum absolute atomic E-state index is 13.6. The molecule has 0 radical (unpaired) electrons. The van der Waals surface area contributed by atoms with Crippen LogP contribution in [0.5, 0.6) is 0 Å². The van der Waals surface area contributed by atoms with Gasteiger partial charge in [0.05, 0.1) is 11.4 Å². The van der Waals surface area contributed by atoms with Gasteiger partial charge in [-0.1, -0.05) is 76.6 Å². The molecule has 0 spiro atoms. The first-order valence-corrected chi connectivity index (χ1v) is 10.7. The van der Waals surface area contributed by atoms with E-state index in [2.05, 4.69) is 21.2 Å². The standard InChI is InChI=1S/C26H14BrNO3/c27-14-11-9-13(10-12-14)19-20-22(15-5-1-2-6-16(15)24(20)29)28-23-21(19)25(30)17-7-3-4-8-18(17)26(23)31/h1-12,19,28H. The van der Waals surface area contributed by atoms with Gasteiger partial charge in [-0.05, 0) is 17.7 Å². The second kappa shape index (κ2) is 6.46. The molecule has 4 nitrogen and oxygen atoms in total. The molecule has 0 amide bonds. The van der Waals surface area contributed by atoms with Crippen molar-refractivity contribution in [1.82, 2.24) is 5.32 Å². The highest BCUT2D eigenvalue weighted by molar-refractivity contribution is 9.10. The molecule has 1 heterocycles. The average molecular weight is 468 g/mol. The number of hydrogen-bond donors (Lipinski definition) is 1. The van der Waals surface area contributed by atoms with Gasteiger partial charge < -0.3 is 5.32 Å². The van der Waals surface area contributed by atoms with Crippen molar-refractivity contribution < 1.29 is 14.4 Å². The zero-order valence-electron chi connectivity index (χ0n) is 16.1. The van der Waals surface area contributed by atoms with Gasteiger partial charge in [0.25, 0.3) is 0 Å². The summed E-state index contributed by atoms with van der Waals surface area (Å²) in [5.41, 5.74) is 4.64. The molecule has 31 heavy (non-hydrogen) atoms. The SMILES string of the molecule is O=C1C2=C(C(=O)c3ccccc31)C(c1ccc(Br)cc1)C1=C(N2)c2ccccc2C1=O. The third-order valence-electron chi connectivity index (χ3n) is 6.14. The molecule has 1 aliphatic heterocycles. The number of carbonyl (C=O) groups excluding carboxylic acids is 3. The second-order valence-electron chi connectivity index (χ2n) is 7.77. The number of halogens is 1. The van der Waals surface area contributed by atoms with Gasteiger partial charge in [-0.3, -0.25) is 14.4 Å². The Morgan fingerprint density at radius 1 is 0.581 bits per heavy atom. The molecule has 0 saturated heterocycles. The Morgan fingerprint density at radius 2 is 1.06 bits per heavy atom. The summed E-state index contributed by atoms with van der Waals surface area (Å²) in [4.78, 5) is 40.5. The van der Waals surface area contributed by atoms with Crippen LogP contribution in [-0.4, -0.2) is 17.3 Å². The summed E-state index contributed by atoms with van der Waals surface area (Å²) in [5, 5.41) is 3.19. The zero-order chi connectivity index (χ0) is 21.3. The fourth-order valence-electron chi connectivity index (χ4n) is 4.77. The Kier molecular flexibility index (Phi) is 3.80. The molecule has 3 aliphatic rings. The highest BCUT2D eigenvalue weighted by atomic mass is 79.9. The molecule has 1 atom stereocenters. The first-order chi connectivity index (χ1) is 15.1. The number of dihydropyridines is 1. The van der Waals surface area contributed by atoms with E-state index in [1.807, 2.05) is 42.5 Å². The first kappa shape index (κ1) is 18.2. The van der Waals surface area contributed by atoms with Crippen LogP contribution in [0, 0.1) is 0 Å². The van der Waals surface area contributed by atoms with Crippen LogP contribution in [0.3, 0.4) is 0 Å². The van der Waals surface area contributed by atoms with Crippen molar-refractivity contribution in [2.45, 2.75) is 5.92 Å². The van der Waals surface area contributed by atoms with Crippen LogP contribution in [0.25, 0.3) is 5.70 Å². The molecule has 3 aromatic rings. The van der Waals surface area contributed by atoms with Crippen LogP contribution >= 0.6 is 15.9 Å². The van der Waals surface area contributed by atoms with Crippen LogP contribution in [-0.2, 0) is 0 Å². The molecule has 0 fully saturated rings. The van der Waals surface area contributed by atoms with Gasteiger partial charge in [0.2, 0.25) is 5.78 Å². The summed E-state index contributed by atoms with van der Waals surface area (Å²) in [6.07, 6.45) is 0. The first-order valence-electron chi connectivity index (χ1n) is 9.89. The third-order valence-corrected chi connectivity index (χ3v) is 6.67. The number of hydrogen-bond acceptors (Lipinski definition) is 4. The van der Waals surface area contributed by atoms with E-state index >= 15 is 0 Å². The highest BCUT2D eigenvalue weighted by Gasteiger charge is 2.46. The summed E-state index contributed by atoms with van der Waals surface area (Å²) >= 11 is 3.45. The molecular weight excluding hydrogens is 454 g/mol. The third kappa shape index (κ3) is 2.44. The van der Waals surface area contributed by atoms with Crippen molar-refractivity contribution in [1.29, 1.82) is 0 Å². The summed E-state index contributed by atoms with van der Waals surface area (Å²) in [6, 6.07) is 21.7. The predicted octanol–water partition coefficient (Wildman–Crippen LogP) is 5.08. The molecule has 0 bridgehead atoms. The van der Waals surface area contributed by atoms with Crippen LogP contribution in [0.15, 0.2) is 94.1 Å². The second-order valence-corrected chi connectivity index (χ2v) is 8.68. The summed E-state index contributed by atoms with van der Waals surface area (Å²) in [5.74, 6) is -1.18. The zero-order valence-corrected chi connectivity index (χ0v) is 17.7. The molecule has 5 heteroatoms. The van der Waals surface area contributed by atoms with Gasteiger partial charge in [0.15, 0.2) is 11.6 Å². The lowest BCUT2D eigenvalue weighted by atomic mass is 9.73. The van der Waals surface area contributed by atoms with Crippen molar-refractivity contribution in [2.24, 2.45) is 0 Å². The molecule has 6 rings (SSSR count). The Bertz CT molecular complexity index is 1410. The number of carbonyl (C=O) groups is 3. The maximum Gasteiger partial charge on any atom is 0.210 e. The Morgan fingerprint density at radius 3 is 1.68 bits per heavy atom. The number of rotatable bonds is 1. The summed E-state index contributed by atoms with van der Waals surface area (Å²) < 4.78 is 0.894. The smallest absolute Gasteiger partial charge is 0.210 e. The van der Waals surface area contributed by atoms with E-state index in [0.717, 1.165) is 15.6 Å². The summed E-state index contributed by atoms with van der Waals surface area (Å²) in [6.45, 7) is 0. The summed E-state index contributed by atoms with van der Waals surface area (Å²) in [7, 11) is 0. The lowest BCUT2D eigenvalue weighted by Crippen LogP contribution is -2.36. The monoisotopic (exact) mass is 467 g/mol. The van der Waals surface area contributed by atoms with Gasteiger partial charge in [-0.2, -0.15) is 0 Å². The molecule has 3 aromatic carbocycles. The molecule has 1 N–H and O–H groups in total. The number of allylic oxidation sites excluding steroid dienone is 3. The topological polar surface area (TPSA) is 63.2 Å². The fraction of sp³-hybridized carbons (Fsp3) is 0.0385. The van der Waals surface area contributed by atoms with Gasteiger partial charge in [0.1, 0.15) is 0 Å². The van der Waals surface area contributed by atoms with Crippen molar-refractivity contribution >= 4 is 39.0 Å². The Labute approximate surface area is 186 Å². The quantitative estimate of drug-likeness (QED) is 0.542. The minimum atomic E-state index is -0.621. The van der Waals surface area contributed by atoms with Crippen LogP contribution < -0.4 is 5.32 Å². The van der Waals surface area contributed by atoms with Crippen LogP contribution in [0.2, 0.25) is 0 Å². The van der Waals surface area contributed by atoms with E-state index in [1.165, 1.54) is 0 Å². The van der Waals surface area contributed by atoms with E-state index in [-0.39, 0.29) is 23.0 Å². The highest BCUT2D eigenvalue weighted by Crippen LogP contribution is 2.49. The van der Waals surface area contributed by atoms with Crippen LogP contribution in [0.4, 0.5) is 0 Å². The van der Waals surface area contributed by atoms with Gasteiger partial charge >= 0.3 is 0 Å². The van der Waals surface area contributed by atoms with Crippen molar-refractivity contribution in [2.75, 3.05) is 0 Å². The van der Waals surface area contributed by atoms with Crippen molar-refractivity contribution in [3.8, 4) is 0 Å². The fourth-order valence-corrected chi connectivity index (χ4v) is 5.03. The van der Waals surface area contributed by atoms with Crippen molar-refractivity contribution in [3.05, 3.63) is 122 Å². The van der Waals surface area contributed by atoms with E-state index < -0.39 is 5.92 Å². The van der Waals surface area contributed by atoms with E-state index in [1.54, 1.807) is 30.3 Å². The molecule has 0 saturated carbocycles. The van der Waals surface area contributed by atoms with Crippen molar-refractivity contribution in [3.63, 3.8) is 0 Å². The van der Waals surface area contributed by atoms with Gasteiger partial charge in [-0.15, -0.1) is 0 Å². The largest absolute Gasteiger partial charge is 0.351 e. The van der Waals surface area contributed by atoms with Gasteiger partial charge in [0, 0.05) is 43.8 Å². The lowest BCUT2D eigenvalue weighted by Gasteiger charge is -2.33. The maximum atomic E-state index is 13.6. The Hall–Kier alpha value is -3.57. The Balaban J connectivity index is 1.64. The predicted molar refractivity (Wildman–Crippen MR) is 120 cm³/mol. The van der Waals surface area contributed by atoms with Gasteiger partial charge in [-0.25, -0.2) is 0 Å². The minimum absolute atomic E-state index is 0.114. The molecule has 2 aliphatic carbocycles. The normalized spacial score (nSPS) is 19.0. The van der Waals surface area contributed by atoms with Crippen LogP contribution in [0.1, 0.15) is 48.1 Å².